The lowest BCUT2D eigenvalue weighted by molar-refractivity contribution is -0.137. The molecule has 0 atom stereocenters. The van der Waals surface area contributed by atoms with Crippen molar-refractivity contribution in [1.82, 2.24) is 19.9 Å². The van der Waals surface area contributed by atoms with E-state index in [9.17, 15) is 13.2 Å². The minimum Gasteiger partial charge on any atom is -0.294 e. The molecule has 1 saturated carbocycles. The third-order valence-electron chi connectivity index (χ3n) is 5.71. The quantitative estimate of drug-likeness (QED) is 0.608. The van der Waals surface area contributed by atoms with E-state index in [1.165, 1.54) is 25.0 Å². The molecule has 0 saturated heterocycles. The molecule has 30 heavy (non-hydrogen) atoms. The van der Waals surface area contributed by atoms with Gasteiger partial charge in [-0.3, -0.25) is 9.88 Å². The number of rotatable bonds is 4. The van der Waals surface area contributed by atoms with Gasteiger partial charge in [0.25, 0.3) is 0 Å². The Morgan fingerprint density at radius 1 is 1.00 bits per heavy atom. The lowest BCUT2D eigenvalue weighted by Gasteiger charge is -2.28. The van der Waals surface area contributed by atoms with E-state index in [0.717, 1.165) is 48.2 Å². The summed E-state index contributed by atoms with van der Waals surface area (Å²) < 4.78 is 39.8. The average Bonchev–Trinajstić information content (AvgIpc) is 3.59. The highest BCUT2D eigenvalue weighted by Crippen LogP contribution is 2.38. The minimum atomic E-state index is -4.40. The van der Waals surface area contributed by atoms with Crippen LogP contribution < -0.4 is 0 Å². The molecule has 0 bridgehead atoms. The number of hydrogen-bond acceptors (Lipinski definition) is 4. The van der Waals surface area contributed by atoms with Crippen LogP contribution in [-0.2, 0) is 25.7 Å². The van der Waals surface area contributed by atoms with Crippen LogP contribution >= 0.6 is 0 Å². The molecule has 2 aromatic heterocycles. The van der Waals surface area contributed by atoms with Crippen LogP contribution in [0.25, 0.3) is 11.3 Å². The molecule has 7 heteroatoms. The standard InChI is InChI=1S/C23H21F3N4/c24-23(25,26)19-4-2-1-3-18(19)21-8-5-15(11-27-21)13-30-10-9-20-17(14-30)12-28-22(29-20)16-6-7-16/h1-5,8,11-12,16H,6-7,9-10,13-14H2. The molecule has 154 valence electrons. The van der Waals surface area contributed by atoms with E-state index < -0.39 is 11.7 Å². The summed E-state index contributed by atoms with van der Waals surface area (Å²) in [7, 11) is 0. The molecule has 2 aliphatic rings. The molecular weight excluding hydrogens is 389 g/mol. The third kappa shape index (κ3) is 3.94. The van der Waals surface area contributed by atoms with Gasteiger partial charge >= 0.3 is 6.18 Å². The summed E-state index contributed by atoms with van der Waals surface area (Å²) in [5, 5.41) is 0. The largest absolute Gasteiger partial charge is 0.417 e. The highest BCUT2D eigenvalue weighted by molar-refractivity contribution is 5.64. The van der Waals surface area contributed by atoms with Gasteiger partial charge < -0.3 is 0 Å². The van der Waals surface area contributed by atoms with Crippen molar-refractivity contribution in [3.63, 3.8) is 0 Å². The van der Waals surface area contributed by atoms with Gasteiger partial charge in [0.2, 0.25) is 0 Å². The van der Waals surface area contributed by atoms with Crippen molar-refractivity contribution in [1.29, 1.82) is 0 Å². The number of benzene rings is 1. The van der Waals surface area contributed by atoms with E-state index in [0.29, 0.717) is 18.2 Å². The lowest BCUT2D eigenvalue weighted by atomic mass is 10.0. The van der Waals surface area contributed by atoms with Crippen molar-refractivity contribution in [2.45, 2.75) is 44.4 Å². The Bertz CT molecular complexity index is 1060. The number of fused-ring (bicyclic) bond motifs is 1. The van der Waals surface area contributed by atoms with Gasteiger partial charge in [0, 0.05) is 61.2 Å². The Morgan fingerprint density at radius 2 is 1.83 bits per heavy atom. The summed E-state index contributed by atoms with van der Waals surface area (Å²) >= 11 is 0. The molecule has 0 spiro atoms. The number of hydrogen-bond donors (Lipinski definition) is 0. The Hall–Kier alpha value is -2.80. The Morgan fingerprint density at radius 3 is 2.57 bits per heavy atom. The molecule has 0 radical (unpaired) electrons. The predicted octanol–water partition coefficient (Wildman–Crippen LogP) is 4.99. The zero-order valence-corrected chi connectivity index (χ0v) is 16.4. The molecule has 3 heterocycles. The summed E-state index contributed by atoms with van der Waals surface area (Å²) in [6, 6.07) is 9.07. The first-order valence-electron chi connectivity index (χ1n) is 10.2. The first-order valence-corrected chi connectivity index (χ1v) is 10.2. The maximum Gasteiger partial charge on any atom is 0.417 e. The zero-order chi connectivity index (χ0) is 20.7. The molecule has 1 aliphatic heterocycles. The number of halogens is 3. The molecule has 0 amide bonds. The SMILES string of the molecule is FC(F)(F)c1ccccc1-c1ccc(CN2CCc3nc(C4CC4)ncc3C2)cn1. The van der Waals surface area contributed by atoms with Gasteiger partial charge in [-0.1, -0.05) is 24.3 Å². The van der Waals surface area contributed by atoms with E-state index in [4.69, 9.17) is 4.98 Å². The number of pyridine rings is 1. The van der Waals surface area contributed by atoms with Crippen LogP contribution in [0.15, 0.2) is 48.8 Å². The number of aromatic nitrogens is 3. The minimum absolute atomic E-state index is 0.104. The summed E-state index contributed by atoms with van der Waals surface area (Å²) in [5.74, 6) is 1.54. The molecule has 4 nitrogen and oxygen atoms in total. The molecule has 1 fully saturated rings. The molecular formula is C23H21F3N4. The monoisotopic (exact) mass is 410 g/mol. The highest BCUT2D eigenvalue weighted by Gasteiger charge is 2.33. The Balaban J connectivity index is 1.29. The normalized spacial score (nSPS) is 17.0. The van der Waals surface area contributed by atoms with Gasteiger partial charge in [0.1, 0.15) is 5.82 Å². The average molecular weight is 410 g/mol. The van der Waals surface area contributed by atoms with Crippen LogP contribution in [0.4, 0.5) is 13.2 Å². The van der Waals surface area contributed by atoms with Crippen molar-refractivity contribution in [2.75, 3.05) is 6.54 Å². The van der Waals surface area contributed by atoms with Gasteiger partial charge in [0.15, 0.2) is 0 Å². The van der Waals surface area contributed by atoms with E-state index in [-0.39, 0.29) is 5.56 Å². The van der Waals surface area contributed by atoms with E-state index >= 15 is 0 Å². The van der Waals surface area contributed by atoms with Crippen molar-refractivity contribution < 1.29 is 13.2 Å². The van der Waals surface area contributed by atoms with Crippen LogP contribution in [0.3, 0.4) is 0 Å². The first-order chi connectivity index (χ1) is 14.5. The van der Waals surface area contributed by atoms with Crippen molar-refractivity contribution in [3.05, 3.63) is 77.0 Å². The molecule has 0 N–H and O–H groups in total. The van der Waals surface area contributed by atoms with E-state index in [2.05, 4.69) is 14.9 Å². The van der Waals surface area contributed by atoms with Crippen LogP contribution in [0.2, 0.25) is 0 Å². The number of alkyl halides is 3. The number of nitrogens with zero attached hydrogens (tertiary/aromatic N) is 4. The maximum atomic E-state index is 13.3. The molecule has 3 aromatic rings. The van der Waals surface area contributed by atoms with Crippen molar-refractivity contribution in [2.24, 2.45) is 0 Å². The lowest BCUT2D eigenvalue weighted by Crippen LogP contribution is -2.31. The van der Waals surface area contributed by atoms with Crippen LogP contribution in [0.1, 0.15) is 47.0 Å². The molecule has 1 aromatic carbocycles. The van der Waals surface area contributed by atoms with Gasteiger partial charge in [0.05, 0.1) is 11.3 Å². The summed E-state index contributed by atoms with van der Waals surface area (Å²) in [4.78, 5) is 15.9. The van der Waals surface area contributed by atoms with Gasteiger partial charge in [-0.25, -0.2) is 9.97 Å². The third-order valence-corrected chi connectivity index (χ3v) is 5.71. The van der Waals surface area contributed by atoms with Crippen molar-refractivity contribution >= 4 is 0 Å². The first kappa shape index (κ1) is 19.2. The fourth-order valence-corrected chi connectivity index (χ4v) is 3.95. The van der Waals surface area contributed by atoms with Gasteiger partial charge in [-0.05, 0) is 30.5 Å². The topological polar surface area (TPSA) is 41.9 Å². The van der Waals surface area contributed by atoms with Gasteiger partial charge in [-0.15, -0.1) is 0 Å². The second-order valence-electron chi connectivity index (χ2n) is 8.03. The second kappa shape index (κ2) is 7.47. The van der Waals surface area contributed by atoms with Gasteiger partial charge in [-0.2, -0.15) is 13.2 Å². The summed E-state index contributed by atoms with van der Waals surface area (Å²) in [6.45, 7) is 2.36. The van der Waals surface area contributed by atoms with Crippen LogP contribution in [0, 0.1) is 0 Å². The Kier molecular flexibility index (Phi) is 4.77. The summed E-state index contributed by atoms with van der Waals surface area (Å²) in [5.41, 5.74) is 3.06. The fraction of sp³-hybridized carbons (Fsp3) is 0.348. The second-order valence-corrected chi connectivity index (χ2v) is 8.03. The van der Waals surface area contributed by atoms with Crippen LogP contribution in [0.5, 0.6) is 0 Å². The highest BCUT2D eigenvalue weighted by atomic mass is 19.4. The molecule has 5 rings (SSSR count). The zero-order valence-electron chi connectivity index (χ0n) is 16.4. The summed E-state index contributed by atoms with van der Waals surface area (Å²) in [6.07, 6.45) is 2.51. The molecule has 0 unspecified atom stereocenters. The smallest absolute Gasteiger partial charge is 0.294 e. The maximum absolute atomic E-state index is 13.3. The van der Waals surface area contributed by atoms with E-state index in [1.807, 2.05) is 12.3 Å². The Labute approximate surface area is 172 Å². The van der Waals surface area contributed by atoms with Crippen molar-refractivity contribution in [3.8, 4) is 11.3 Å². The molecule has 1 aliphatic carbocycles. The van der Waals surface area contributed by atoms with Crippen LogP contribution in [-0.4, -0.2) is 26.4 Å². The predicted molar refractivity (Wildman–Crippen MR) is 107 cm³/mol. The van der Waals surface area contributed by atoms with E-state index in [1.54, 1.807) is 18.3 Å². The fourth-order valence-electron chi connectivity index (χ4n) is 3.95.